The smallest absolute Gasteiger partial charge is 0.00252 e. The van der Waals surface area contributed by atoms with E-state index in [2.05, 4.69) is 49.6 Å². The molecule has 0 nitrogen and oxygen atoms in total. The summed E-state index contributed by atoms with van der Waals surface area (Å²) < 4.78 is 0. The number of rotatable bonds is 0. The Morgan fingerprint density at radius 2 is 1.27 bits per heavy atom. The average molecular weight is 192 g/mol. The van der Waals surface area contributed by atoms with Crippen LogP contribution in [0.15, 0.2) is 49.6 Å². The Morgan fingerprint density at radius 1 is 0.800 bits per heavy atom. The molecule has 0 heteroatoms. The van der Waals surface area contributed by atoms with Crippen molar-refractivity contribution < 1.29 is 0 Å². The highest BCUT2D eigenvalue weighted by atomic mass is 14.2. The van der Waals surface area contributed by atoms with Gasteiger partial charge < -0.3 is 0 Å². The molecule has 0 spiro atoms. The normalized spacial score (nSPS) is 14.7. The van der Waals surface area contributed by atoms with Crippen molar-refractivity contribution in [2.45, 2.75) is 6.42 Å². The van der Waals surface area contributed by atoms with E-state index in [0.717, 1.165) is 6.42 Å². The summed E-state index contributed by atoms with van der Waals surface area (Å²) in [6.07, 6.45) is 0.922. The molecule has 0 bridgehead atoms. The predicted octanol–water partition coefficient (Wildman–Crippen LogP) is 4.27. The molecule has 0 unspecified atom stereocenters. The molecule has 1 aliphatic carbocycles. The molecule has 0 amide bonds. The molecule has 15 heavy (non-hydrogen) atoms. The van der Waals surface area contributed by atoms with Crippen LogP contribution in [0.5, 0.6) is 0 Å². The van der Waals surface area contributed by atoms with Crippen molar-refractivity contribution in [3.05, 3.63) is 60.7 Å². The molecule has 0 fully saturated rings. The van der Waals surface area contributed by atoms with Gasteiger partial charge in [0.1, 0.15) is 0 Å². The molecule has 0 aromatic heterocycles. The Kier molecular flexibility index (Phi) is 1.60. The van der Waals surface area contributed by atoms with Crippen LogP contribution in [-0.4, -0.2) is 0 Å². The van der Waals surface area contributed by atoms with E-state index in [1.165, 1.54) is 33.0 Å². The van der Waals surface area contributed by atoms with Crippen molar-refractivity contribution in [1.82, 2.24) is 0 Å². The zero-order valence-electron chi connectivity index (χ0n) is 8.59. The standard InChI is InChI=1S/C15H12/c1-10-7-11(2)15-9-13-6-4-3-5-12(13)8-14(10)15/h3-6,8-9H,1-2,7H2. The molecule has 2 aromatic carbocycles. The third kappa shape index (κ3) is 1.15. The Bertz CT molecular complexity index is 536. The fourth-order valence-electron chi connectivity index (χ4n) is 2.27. The Hall–Kier alpha value is -1.82. The Balaban J connectivity index is 2.41. The van der Waals surface area contributed by atoms with Gasteiger partial charge in [-0.15, -0.1) is 0 Å². The van der Waals surface area contributed by atoms with Gasteiger partial charge in [-0.25, -0.2) is 0 Å². The highest BCUT2D eigenvalue weighted by Crippen LogP contribution is 2.40. The largest absolute Gasteiger partial charge is 0.0949 e. The molecule has 0 aliphatic heterocycles. The molecule has 1 aliphatic rings. The lowest BCUT2D eigenvalue weighted by molar-refractivity contribution is 1.54. The lowest BCUT2D eigenvalue weighted by Gasteiger charge is -2.03. The van der Waals surface area contributed by atoms with E-state index in [4.69, 9.17) is 0 Å². The average Bonchev–Trinajstić information content (AvgIpc) is 2.52. The third-order valence-electron chi connectivity index (χ3n) is 3.07. The van der Waals surface area contributed by atoms with E-state index in [-0.39, 0.29) is 0 Å². The van der Waals surface area contributed by atoms with Crippen LogP contribution in [0, 0.1) is 0 Å². The number of allylic oxidation sites excluding steroid dienone is 2. The van der Waals surface area contributed by atoms with Crippen LogP contribution in [-0.2, 0) is 0 Å². The summed E-state index contributed by atoms with van der Waals surface area (Å²) >= 11 is 0. The fourth-order valence-corrected chi connectivity index (χ4v) is 2.27. The quantitative estimate of drug-likeness (QED) is 0.584. The maximum atomic E-state index is 4.09. The molecule has 2 aromatic rings. The van der Waals surface area contributed by atoms with Gasteiger partial charge in [-0.3, -0.25) is 0 Å². The van der Waals surface area contributed by atoms with Crippen molar-refractivity contribution in [3.8, 4) is 0 Å². The monoisotopic (exact) mass is 192 g/mol. The number of hydrogen-bond acceptors (Lipinski definition) is 0. The van der Waals surface area contributed by atoms with Crippen LogP contribution < -0.4 is 0 Å². The van der Waals surface area contributed by atoms with Crippen molar-refractivity contribution in [3.63, 3.8) is 0 Å². The van der Waals surface area contributed by atoms with Gasteiger partial charge in [0.15, 0.2) is 0 Å². The highest BCUT2D eigenvalue weighted by Gasteiger charge is 2.18. The zero-order valence-corrected chi connectivity index (χ0v) is 8.59. The lowest BCUT2D eigenvalue weighted by Crippen LogP contribution is -1.81. The van der Waals surface area contributed by atoms with Crippen molar-refractivity contribution in [2.24, 2.45) is 0 Å². The maximum absolute atomic E-state index is 4.09. The van der Waals surface area contributed by atoms with E-state index in [1.807, 2.05) is 0 Å². The minimum absolute atomic E-state index is 0.922. The first kappa shape index (κ1) is 8.49. The van der Waals surface area contributed by atoms with Crippen molar-refractivity contribution in [2.75, 3.05) is 0 Å². The second kappa shape index (κ2) is 2.83. The number of fused-ring (bicyclic) bond motifs is 2. The molecule has 0 heterocycles. The molecular formula is C15H12. The van der Waals surface area contributed by atoms with Gasteiger partial charge in [0.05, 0.1) is 0 Å². The fraction of sp³-hybridized carbons (Fsp3) is 0.0667. The topological polar surface area (TPSA) is 0 Å². The predicted molar refractivity (Wildman–Crippen MR) is 66.6 cm³/mol. The van der Waals surface area contributed by atoms with E-state index in [9.17, 15) is 0 Å². The van der Waals surface area contributed by atoms with Crippen LogP contribution in [0.2, 0.25) is 0 Å². The molecule has 3 rings (SSSR count). The summed E-state index contributed by atoms with van der Waals surface area (Å²) in [4.78, 5) is 0. The molecule has 0 saturated carbocycles. The first-order valence-electron chi connectivity index (χ1n) is 5.15. The SMILES string of the molecule is C=C1CC(=C)c2cc3ccccc3cc21. The maximum Gasteiger partial charge on any atom is -0.00252 e. The Labute approximate surface area is 89.6 Å². The first-order chi connectivity index (χ1) is 7.25. The van der Waals surface area contributed by atoms with Crippen LogP contribution >= 0.6 is 0 Å². The van der Waals surface area contributed by atoms with Gasteiger partial charge in [0.2, 0.25) is 0 Å². The van der Waals surface area contributed by atoms with Gasteiger partial charge in [0.25, 0.3) is 0 Å². The van der Waals surface area contributed by atoms with Gasteiger partial charge in [-0.2, -0.15) is 0 Å². The third-order valence-corrected chi connectivity index (χ3v) is 3.07. The van der Waals surface area contributed by atoms with Crippen LogP contribution in [0.4, 0.5) is 0 Å². The van der Waals surface area contributed by atoms with E-state index in [0.29, 0.717) is 0 Å². The summed E-state index contributed by atoms with van der Waals surface area (Å²) in [6.45, 7) is 8.18. The summed E-state index contributed by atoms with van der Waals surface area (Å²) in [5.74, 6) is 0. The number of benzene rings is 2. The van der Waals surface area contributed by atoms with Gasteiger partial charge in [0, 0.05) is 0 Å². The number of hydrogen-bond donors (Lipinski definition) is 0. The lowest BCUT2D eigenvalue weighted by atomic mass is 10.0. The van der Waals surface area contributed by atoms with Gasteiger partial charge in [-0.05, 0) is 51.6 Å². The zero-order chi connectivity index (χ0) is 10.4. The highest BCUT2D eigenvalue weighted by molar-refractivity contribution is 5.98. The van der Waals surface area contributed by atoms with E-state index < -0.39 is 0 Å². The summed E-state index contributed by atoms with van der Waals surface area (Å²) in [5, 5.41) is 2.57. The molecule has 0 atom stereocenters. The molecule has 0 saturated heterocycles. The minimum atomic E-state index is 0.922. The minimum Gasteiger partial charge on any atom is -0.0949 e. The van der Waals surface area contributed by atoms with Crippen LogP contribution in [0.25, 0.3) is 21.9 Å². The molecular weight excluding hydrogens is 180 g/mol. The van der Waals surface area contributed by atoms with Crippen LogP contribution in [0.1, 0.15) is 17.5 Å². The first-order valence-corrected chi connectivity index (χ1v) is 5.15. The Morgan fingerprint density at radius 3 is 1.73 bits per heavy atom. The van der Waals surface area contributed by atoms with E-state index >= 15 is 0 Å². The second-order valence-electron chi connectivity index (χ2n) is 4.13. The van der Waals surface area contributed by atoms with Gasteiger partial charge in [-0.1, -0.05) is 37.4 Å². The summed E-state index contributed by atoms with van der Waals surface area (Å²) in [6, 6.07) is 12.9. The molecule has 0 N–H and O–H groups in total. The summed E-state index contributed by atoms with van der Waals surface area (Å²) in [5.41, 5.74) is 4.94. The van der Waals surface area contributed by atoms with Crippen molar-refractivity contribution in [1.29, 1.82) is 0 Å². The van der Waals surface area contributed by atoms with Gasteiger partial charge >= 0.3 is 0 Å². The van der Waals surface area contributed by atoms with Crippen LogP contribution in [0.3, 0.4) is 0 Å². The summed E-state index contributed by atoms with van der Waals surface area (Å²) in [7, 11) is 0. The van der Waals surface area contributed by atoms with E-state index in [1.54, 1.807) is 0 Å². The molecule has 72 valence electrons. The second-order valence-corrected chi connectivity index (χ2v) is 4.13. The molecule has 0 radical (unpaired) electrons. The van der Waals surface area contributed by atoms with Crippen molar-refractivity contribution >= 4 is 21.9 Å².